The first kappa shape index (κ1) is 27.5. The number of carboxylic acid groups (broad SMARTS) is 1. The van der Waals surface area contributed by atoms with Crippen molar-refractivity contribution in [2.45, 2.75) is 76.5 Å². The Morgan fingerprint density at radius 1 is 1.23 bits per heavy atom. The molecule has 2 aliphatic rings. The van der Waals surface area contributed by atoms with Crippen molar-refractivity contribution < 1.29 is 27.5 Å². The normalized spacial score (nSPS) is 24.8. The SMILES string of the molecule is CC(C)C[C@H](C=O)C(N[C@@H]1CC[C@H]2CN(S(=O)(=O)c3ccc(F)cc3)C[C@H]21)N(C(=O)O)C(C)(C)C. The molecule has 3 rings (SSSR count). The number of carbonyl (C=O) groups is 2. The van der Waals surface area contributed by atoms with Crippen LogP contribution in [-0.2, 0) is 14.8 Å². The van der Waals surface area contributed by atoms with Gasteiger partial charge >= 0.3 is 6.09 Å². The summed E-state index contributed by atoms with van der Waals surface area (Å²) in [6.07, 6.45) is 1.13. The molecule has 1 amide bonds. The number of halogens is 1. The molecule has 2 fully saturated rings. The standard InChI is InChI=1S/C25H38FN3O5S/c1-16(2)12-18(15-30)23(29(24(31)32)25(3,4)5)27-22-11-6-17-13-28(14-21(17)22)35(33,34)20-9-7-19(26)8-10-20/h7-10,15-18,21-23,27H,6,11-14H2,1-5H3,(H,31,32)/t17-,18+,21+,22+,23?/m0/s1. The number of carbonyl (C=O) groups excluding carboxylic acids is 1. The van der Waals surface area contributed by atoms with Gasteiger partial charge in [-0.1, -0.05) is 13.8 Å². The smallest absolute Gasteiger partial charge is 0.409 e. The van der Waals surface area contributed by atoms with Crippen molar-refractivity contribution in [3.05, 3.63) is 30.1 Å². The molecule has 8 nitrogen and oxygen atoms in total. The molecular weight excluding hydrogens is 473 g/mol. The Hall–Kier alpha value is -2.04. The Labute approximate surface area is 207 Å². The first-order valence-electron chi connectivity index (χ1n) is 12.2. The Balaban J connectivity index is 1.84. The molecule has 5 atom stereocenters. The summed E-state index contributed by atoms with van der Waals surface area (Å²) in [5.74, 6) is -0.703. The molecule has 1 aromatic rings. The molecule has 2 N–H and O–H groups in total. The summed E-state index contributed by atoms with van der Waals surface area (Å²) >= 11 is 0. The summed E-state index contributed by atoms with van der Waals surface area (Å²) in [7, 11) is -3.76. The predicted molar refractivity (Wildman–Crippen MR) is 131 cm³/mol. The molecule has 0 spiro atoms. The van der Waals surface area contributed by atoms with Crippen molar-refractivity contribution in [2.75, 3.05) is 13.1 Å². The molecule has 1 saturated heterocycles. The molecule has 0 aromatic heterocycles. The summed E-state index contributed by atoms with van der Waals surface area (Å²) in [5.41, 5.74) is -0.743. The van der Waals surface area contributed by atoms with E-state index in [0.29, 0.717) is 19.5 Å². The van der Waals surface area contributed by atoms with E-state index in [1.165, 1.54) is 21.3 Å². The molecule has 1 aliphatic carbocycles. The second-order valence-electron chi connectivity index (χ2n) is 11.2. The Bertz CT molecular complexity index is 1010. The highest BCUT2D eigenvalue weighted by molar-refractivity contribution is 7.89. The van der Waals surface area contributed by atoms with Gasteiger partial charge in [0.1, 0.15) is 12.1 Å². The van der Waals surface area contributed by atoms with Crippen LogP contribution in [0.5, 0.6) is 0 Å². The first-order chi connectivity index (χ1) is 16.3. The molecule has 10 heteroatoms. The molecule has 1 aromatic carbocycles. The number of rotatable bonds is 9. The lowest BCUT2D eigenvalue weighted by atomic mass is 9.90. The van der Waals surface area contributed by atoms with Crippen molar-refractivity contribution in [1.29, 1.82) is 0 Å². The van der Waals surface area contributed by atoms with Crippen LogP contribution in [-0.4, -0.2) is 65.9 Å². The number of benzene rings is 1. The monoisotopic (exact) mass is 511 g/mol. The summed E-state index contributed by atoms with van der Waals surface area (Å²) in [4.78, 5) is 25.8. The van der Waals surface area contributed by atoms with Crippen LogP contribution in [0.15, 0.2) is 29.2 Å². The van der Waals surface area contributed by atoms with Crippen LogP contribution in [0.25, 0.3) is 0 Å². The van der Waals surface area contributed by atoms with Gasteiger partial charge in [-0.25, -0.2) is 17.6 Å². The zero-order chi connectivity index (χ0) is 26.1. The molecular formula is C25H38FN3O5S. The van der Waals surface area contributed by atoms with Gasteiger partial charge in [0.05, 0.1) is 11.1 Å². The number of fused-ring (bicyclic) bond motifs is 1. The van der Waals surface area contributed by atoms with Gasteiger partial charge in [-0.15, -0.1) is 0 Å². The van der Waals surface area contributed by atoms with Gasteiger partial charge in [-0.3, -0.25) is 10.2 Å². The largest absolute Gasteiger partial charge is 0.465 e. The molecule has 35 heavy (non-hydrogen) atoms. The van der Waals surface area contributed by atoms with Crippen molar-refractivity contribution >= 4 is 22.4 Å². The van der Waals surface area contributed by atoms with Crippen LogP contribution in [0.2, 0.25) is 0 Å². The predicted octanol–water partition coefficient (Wildman–Crippen LogP) is 3.78. The highest BCUT2D eigenvalue weighted by Crippen LogP contribution is 2.41. The summed E-state index contributed by atoms with van der Waals surface area (Å²) in [5, 5.41) is 13.6. The third kappa shape index (κ3) is 6.03. The zero-order valence-electron chi connectivity index (χ0n) is 21.1. The van der Waals surface area contributed by atoms with Crippen LogP contribution in [0.3, 0.4) is 0 Å². The van der Waals surface area contributed by atoms with E-state index in [0.717, 1.165) is 31.3 Å². The maximum absolute atomic E-state index is 13.3. The van der Waals surface area contributed by atoms with Crippen LogP contribution in [0.4, 0.5) is 9.18 Å². The second kappa shape index (κ2) is 10.5. The van der Waals surface area contributed by atoms with Gasteiger partial charge in [0.2, 0.25) is 10.0 Å². The fourth-order valence-corrected chi connectivity index (χ4v) is 7.15. The minimum absolute atomic E-state index is 0.00492. The zero-order valence-corrected chi connectivity index (χ0v) is 22.0. The van der Waals surface area contributed by atoms with E-state index in [1.54, 1.807) is 20.8 Å². The average molecular weight is 512 g/mol. The van der Waals surface area contributed by atoms with Gasteiger partial charge in [-0.05, 0) is 82.1 Å². The number of amides is 1. The molecule has 1 heterocycles. The van der Waals surface area contributed by atoms with E-state index in [4.69, 9.17) is 0 Å². The third-order valence-electron chi connectivity index (χ3n) is 7.19. The summed E-state index contributed by atoms with van der Waals surface area (Å²) in [6.45, 7) is 10.1. The van der Waals surface area contributed by atoms with E-state index in [9.17, 15) is 27.5 Å². The van der Waals surface area contributed by atoms with E-state index in [2.05, 4.69) is 5.32 Å². The number of hydrogen-bond donors (Lipinski definition) is 2. The van der Waals surface area contributed by atoms with Crippen LogP contribution >= 0.6 is 0 Å². The van der Waals surface area contributed by atoms with Gasteiger partial charge in [0, 0.05) is 30.6 Å². The fraction of sp³-hybridized carbons (Fsp3) is 0.680. The Morgan fingerprint density at radius 3 is 2.37 bits per heavy atom. The molecule has 1 aliphatic heterocycles. The minimum atomic E-state index is -3.76. The fourth-order valence-electron chi connectivity index (χ4n) is 5.62. The highest BCUT2D eigenvalue weighted by atomic mass is 32.2. The van der Waals surface area contributed by atoms with E-state index in [1.807, 2.05) is 13.8 Å². The maximum Gasteiger partial charge on any atom is 0.409 e. The van der Waals surface area contributed by atoms with Gasteiger partial charge in [0.15, 0.2) is 0 Å². The second-order valence-corrected chi connectivity index (χ2v) is 13.2. The van der Waals surface area contributed by atoms with Crippen molar-refractivity contribution in [1.82, 2.24) is 14.5 Å². The highest BCUT2D eigenvalue weighted by Gasteiger charge is 2.48. The quantitative estimate of drug-likeness (QED) is 0.386. The molecule has 1 saturated carbocycles. The number of sulfonamides is 1. The Morgan fingerprint density at radius 2 is 1.86 bits per heavy atom. The molecule has 0 radical (unpaired) electrons. The van der Waals surface area contributed by atoms with Gasteiger partial charge in [-0.2, -0.15) is 4.31 Å². The van der Waals surface area contributed by atoms with Crippen molar-refractivity contribution in [3.63, 3.8) is 0 Å². The van der Waals surface area contributed by atoms with Crippen molar-refractivity contribution in [2.24, 2.45) is 23.7 Å². The number of nitrogens with one attached hydrogen (secondary N) is 1. The van der Waals surface area contributed by atoms with Gasteiger partial charge in [0.25, 0.3) is 0 Å². The summed E-state index contributed by atoms with van der Waals surface area (Å²) < 4.78 is 41.1. The van der Waals surface area contributed by atoms with Crippen LogP contribution < -0.4 is 5.32 Å². The van der Waals surface area contributed by atoms with Crippen LogP contribution in [0.1, 0.15) is 53.9 Å². The lowest BCUT2D eigenvalue weighted by Crippen LogP contribution is -2.62. The topological polar surface area (TPSA) is 107 Å². The number of hydrogen-bond acceptors (Lipinski definition) is 5. The lowest BCUT2D eigenvalue weighted by molar-refractivity contribution is -0.115. The lowest BCUT2D eigenvalue weighted by Gasteiger charge is -2.44. The average Bonchev–Trinajstić information content (AvgIpc) is 3.33. The van der Waals surface area contributed by atoms with E-state index in [-0.39, 0.29) is 28.7 Å². The van der Waals surface area contributed by atoms with E-state index < -0.39 is 39.6 Å². The molecule has 0 bridgehead atoms. The minimum Gasteiger partial charge on any atom is -0.465 e. The number of nitrogens with zero attached hydrogens (tertiary/aromatic N) is 2. The maximum atomic E-state index is 13.3. The summed E-state index contributed by atoms with van der Waals surface area (Å²) in [6, 6.07) is 4.70. The van der Waals surface area contributed by atoms with Gasteiger partial charge < -0.3 is 9.90 Å². The van der Waals surface area contributed by atoms with E-state index >= 15 is 0 Å². The van der Waals surface area contributed by atoms with Crippen molar-refractivity contribution in [3.8, 4) is 0 Å². The first-order valence-corrected chi connectivity index (χ1v) is 13.7. The third-order valence-corrected chi connectivity index (χ3v) is 9.04. The van der Waals surface area contributed by atoms with Crippen LogP contribution in [0, 0.1) is 29.5 Å². The Kier molecular flexibility index (Phi) is 8.28. The number of aldehydes is 1. The molecule has 196 valence electrons. The molecule has 1 unspecified atom stereocenters.